The Morgan fingerprint density at radius 1 is 0.739 bits per heavy atom. The Morgan fingerprint density at radius 3 is 1.83 bits per heavy atom. The molecule has 0 fully saturated rings. The molecule has 0 saturated heterocycles. The summed E-state index contributed by atoms with van der Waals surface area (Å²) in [6, 6.07) is 6.49. The maximum atomic E-state index is 13.1. The molecule has 344 valence electrons. The summed E-state index contributed by atoms with van der Waals surface area (Å²) in [7, 11) is -24.6. The molecule has 26 nitrogen and oxygen atoms in total. The minimum absolute atomic E-state index is 0. The number of nitrogens with zero attached hydrogens (tertiary/aromatic N) is 5. The molecule has 0 aliphatic carbocycles. The van der Waals surface area contributed by atoms with E-state index in [1.54, 1.807) is 0 Å². The quantitative estimate of drug-likeness (QED) is 0.0531. The first-order valence-corrected chi connectivity index (χ1v) is 25.1. The number of rotatable bonds is 11. The van der Waals surface area contributed by atoms with E-state index in [1.807, 2.05) is 0 Å². The van der Waals surface area contributed by atoms with Gasteiger partial charge in [0.25, 0.3) is 0 Å². The van der Waals surface area contributed by atoms with Crippen LogP contribution in [-0.4, -0.2) is 94.7 Å². The fourth-order valence-electron chi connectivity index (χ4n) is 5.94. The summed E-state index contributed by atoms with van der Waals surface area (Å²) >= 11 is 13.3. The third-order valence-electron chi connectivity index (χ3n) is 8.63. The Hall–Kier alpha value is -2.00. The van der Waals surface area contributed by atoms with Crippen LogP contribution in [-0.2, 0) is 50.3 Å². The van der Waals surface area contributed by atoms with Crippen LogP contribution >= 0.6 is 23.2 Å². The number of aromatic amines is 3. The normalized spacial score (nSPS) is 13.6. The van der Waals surface area contributed by atoms with Gasteiger partial charge in [0.15, 0.2) is 38.6 Å². The van der Waals surface area contributed by atoms with Crippen LogP contribution in [0, 0.1) is 0 Å². The number of hydrogen-bond donors (Lipinski definition) is 4. The van der Waals surface area contributed by atoms with E-state index >= 15 is 0 Å². The fourth-order valence-corrected chi connectivity index (χ4v) is 9.68. The first-order chi connectivity index (χ1) is 30.1. The van der Waals surface area contributed by atoms with Gasteiger partial charge in [-0.25, -0.2) is 62.1 Å². The second-order valence-corrected chi connectivity index (χ2v) is 21.0. The Kier molecular flexibility index (Phi) is 20.1. The molecule has 0 unspecified atom stereocenters. The second kappa shape index (κ2) is 22.6. The molecule has 1 aromatic heterocycles. The van der Waals surface area contributed by atoms with Gasteiger partial charge in [-0.05, 0) is 24.3 Å². The summed E-state index contributed by atoms with van der Waals surface area (Å²) in [5.74, 6) is -4.45. The van der Waals surface area contributed by atoms with Gasteiger partial charge in [0.05, 0.1) is 56.4 Å². The van der Waals surface area contributed by atoms with Gasteiger partial charge >= 0.3 is 118 Å². The van der Waals surface area contributed by atoms with Gasteiger partial charge in [-0.15, -0.1) is 0 Å². The summed E-state index contributed by atoms with van der Waals surface area (Å²) in [4.78, 5) is 24.2. The van der Waals surface area contributed by atoms with E-state index in [-0.39, 0.29) is 146 Å². The van der Waals surface area contributed by atoms with Crippen LogP contribution < -0.4 is 166 Å². The van der Waals surface area contributed by atoms with Crippen molar-refractivity contribution in [1.29, 1.82) is 0 Å². The molecule has 0 atom stereocenters. The Balaban J connectivity index is 0.00000315. The first-order valence-electron chi connectivity index (χ1n) is 17.0. The molecule has 5 aromatic rings. The predicted molar refractivity (Wildman–Crippen MR) is 215 cm³/mol. The number of H-pyrrole nitrogens is 3. The van der Waals surface area contributed by atoms with Gasteiger partial charge in [0.1, 0.15) is 72.3 Å². The first kappa shape index (κ1) is 61.3. The number of ether oxygens (including phenoxy) is 3. The van der Waals surface area contributed by atoms with Crippen molar-refractivity contribution >= 4 is 102 Å². The van der Waals surface area contributed by atoms with Gasteiger partial charge in [-0.3, -0.25) is 19.9 Å². The van der Waals surface area contributed by atoms with Gasteiger partial charge in [0, 0.05) is 11.5 Å². The second-order valence-electron chi connectivity index (χ2n) is 12.8. The number of aromatic nitrogens is 3. The third-order valence-corrected chi connectivity index (χ3v) is 14.0. The number of methoxy groups -OCH3 is 1. The zero-order chi connectivity index (χ0) is 47.8. The molecule has 0 amide bonds. The molecule has 5 N–H and O–H groups in total. The van der Waals surface area contributed by atoms with Crippen molar-refractivity contribution in [2.45, 2.75) is 19.6 Å². The zero-order valence-corrected chi connectivity index (χ0v) is 49.3. The van der Waals surface area contributed by atoms with Crippen molar-refractivity contribution in [1.82, 2.24) is 15.0 Å². The summed E-state index contributed by atoms with van der Waals surface area (Å²) < 4.78 is 188. The van der Waals surface area contributed by atoms with E-state index < -0.39 is 149 Å². The van der Waals surface area contributed by atoms with E-state index in [0.717, 1.165) is 19.2 Å². The topological polar surface area (TPSA) is 426 Å². The van der Waals surface area contributed by atoms with E-state index in [0.29, 0.717) is 11.5 Å². The molecule has 0 radical (unpaired) electrons. The molecule has 7 rings (SSSR count). The Morgan fingerprint density at radius 2 is 1.29 bits per heavy atom. The zero-order valence-electron chi connectivity index (χ0n) is 35.7. The van der Waals surface area contributed by atoms with Crippen LogP contribution in [0.2, 0.25) is 10.0 Å². The minimum Gasteiger partial charge on any atom is -0.748 e. The van der Waals surface area contributed by atoms with E-state index in [2.05, 4.69) is 46.5 Å². The number of halogens is 2. The molecule has 2 aliphatic rings. The monoisotopic (exact) mass is 1120 g/mol. The molecular formula is C32H21Cl2N9Na4O17S5. The van der Waals surface area contributed by atoms with Crippen molar-refractivity contribution < 1.29 is 193 Å². The van der Waals surface area contributed by atoms with Crippen molar-refractivity contribution in [3.8, 4) is 28.7 Å². The number of sulfone groups is 1. The van der Waals surface area contributed by atoms with Crippen LogP contribution in [0.25, 0.3) is 0 Å². The van der Waals surface area contributed by atoms with Gasteiger partial charge < -0.3 is 38.2 Å². The van der Waals surface area contributed by atoms with E-state index in [4.69, 9.17) is 43.1 Å². The van der Waals surface area contributed by atoms with Gasteiger partial charge in [0.2, 0.25) is 16.9 Å². The van der Waals surface area contributed by atoms with Crippen molar-refractivity contribution in [3.05, 3.63) is 86.0 Å². The molecule has 0 bridgehead atoms. The number of anilines is 1. The number of nitrogens with one attached hydrogen (secondary N) is 3. The van der Waals surface area contributed by atoms with Gasteiger partial charge in [-0.2, -0.15) is 0 Å². The summed E-state index contributed by atoms with van der Waals surface area (Å²) in [6.45, 7) is 2.64. The van der Waals surface area contributed by atoms with Crippen LogP contribution in [0.15, 0.2) is 92.9 Å². The number of nitrogen functional groups attached to an aromatic ring is 1. The SMILES string of the molecule is C=CS(=O)(=O)c1cccc(N=c2[nH]c(=NCCS(=O)(=O)[O-])[nH]c(=Nc3cc(OC)c4c(c3S(=O)(=O)[O-])Oc3c(Cl)c5c(c(Cl)c3=N4)Oc3c(cc(S(=O)(=O)[O-])c(N)c3S(=O)(=O)[O-])N=5)[nH]2)c1.[Na+].[Na+].[Na+].[Na+]. The summed E-state index contributed by atoms with van der Waals surface area (Å²) in [6.07, 6.45) is 0. The smallest absolute Gasteiger partial charge is 0.748 e. The Labute approximate surface area is 487 Å². The maximum absolute atomic E-state index is 13.1. The molecule has 4 aromatic carbocycles. The average Bonchev–Trinajstić information content (AvgIpc) is 3.19. The van der Waals surface area contributed by atoms with Crippen LogP contribution in [0.4, 0.5) is 28.4 Å². The standard InChI is InChI=1S/C32H25Cl2N9O17S5.4Na/c1-3-61(44,45)13-6-4-5-12(9-13)37-31-41-30(36-7-8-62(46,47)48)42-32(43-31)39-15-10-16(58-2)21-27(28(15)64(52,53)54)60-26-18(33)22-25(19(34)23(26)40-21)59-24-14(38-22)11-17(63(49,50)51)20(35)29(24)65(55,56)57;;;;/h3-6,9-11H,1,7-8,35H2,2H3,(H,46,47,48)(H,49,50,51)(H,52,53,54)(H,55,56,57)(H3,36,37,39,41,42,43);;;;/q;4*+1/p-4. The van der Waals surface area contributed by atoms with E-state index in [1.165, 1.54) is 18.2 Å². The maximum Gasteiger partial charge on any atom is 1.00 e. The van der Waals surface area contributed by atoms with E-state index in [9.17, 15) is 60.3 Å². The summed E-state index contributed by atoms with van der Waals surface area (Å²) in [5.41, 5.74) is 1.13. The molecule has 0 spiro atoms. The number of nitrogens with two attached hydrogens (primary N) is 1. The van der Waals surface area contributed by atoms with Crippen LogP contribution in [0.5, 0.6) is 28.7 Å². The number of benzene rings is 4. The molecule has 2 aliphatic heterocycles. The van der Waals surface area contributed by atoms with Crippen molar-refractivity contribution in [2.24, 2.45) is 25.0 Å². The van der Waals surface area contributed by atoms with Gasteiger partial charge in [-0.1, -0.05) is 35.8 Å². The number of fused-ring (bicyclic) bond motifs is 4. The molecule has 37 heteroatoms. The average molecular weight is 1130 g/mol. The molecule has 69 heavy (non-hydrogen) atoms. The van der Waals surface area contributed by atoms with Crippen LogP contribution in [0.3, 0.4) is 0 Å². The fraction of sp³-hybridized carbons (Fsp3) is 0.0938. The number of hydrogen-bond acceptors (Lipinski definition) is 23. The summed E-state index contributed by atoms with van der Waals surface area (Å²) in [5, 5.41) is -1.63. The largest absolute Gasteiger partial charge is 1.00 e. The molecule has 0 saturated carbocycles. The van der Waals surface area contributed by atoms with Crippen LogP contribution in [0.1, 0.15) is 0 Å². The van der Waals surface area contributed by atoms with Crippen molar-refractivity contribution in [2.75, 3.05) is 25.1 Å². The van der Waals surface area contributed by atoms with Crippen molar-refractivity contribution in [3.63, 3.8) is 0 Å². The predicted octanol–water partition coefficient (Wildman–Crippen LogP) is -11.8. The minimum atomic E-state index is -5.71. The molecule has 3 heterocycles. The third kappa shape index (κ3) is 13.0. The Bertz CT molecular complexity index is 3930. The molecular weight excluding hydrogens is 1110 g/mol.